The molecule has 0 aromatic heterocycles. The van der Waals surface area contributed by atoms with Gasteiger partial charge in [0.2, 0.25) is 0 Å². The second kappa shape index (κ2) is 8.12. The minimum absolute atomic E-state index is 0.0788. The third kappa shape index (κ3) is 9.86. The van der Waals surface area contributed by atoms with Gasteiger partial charge in [-0.15, -0.1) is 0 Å². The second-order valence-electron chi connectivity index (χ2n) is 3.99. The van der Waals surface area contributed by atoms with Crippen LogP contribution in [0.5, 0.6) is 0 Å². The van der Waals surface area contributed by atoms with Gasteiger partial charge >= 0.3 is 0 Å². The predicted octanol–water partition coefficient (Wildman–Crippen LogP) is 2.42. The molecule has 1 unspecified atom stereocenters. The summed E-state index contributed by atoms with van der Waals surface area (Å²) in [6.07, 6.45) is 0.312. The SMILES string of the molecule is CC(C)CCC(N)CCOCC(F)F. The molecule has 0 fully saturated rings. The highest BCUT2D eigenvalue weighted by Gasteiger charge is 2.06. The Labute approximate surface area is 84.8 Å². The zero-order valence-electron chi connectivity index (χ0n) is 9.01. The lowest BCUT2D eigenvalue weighted by molar-refractivity contribution is 0.0150. The van der Waals surface area contributed by atoms with E-state index in [1.54, 1.807) is 0 Å². The molecule has 0 aromatic rings. The normalized spacial score (nSPS) is 13.9. The van der Waals surface area contributed by atoms with Crippen LogP contribution in [0.1, 0.15) is 33.1 Å². The van der Waals surface area contributed by atoms with Gasteiger partial charge in [-0.05, 0) is 25.2 Å². The molecule has 0 radical (unpaired) electrons. The van der Waals surface area contributed by atoms with E-state index in [1.165, 1.54) is 0 Å². The summed E-state index contributed by atoms with van der Waals surface area (Å²) in [5.41, 5.74) is 5.77. The van der Waals surface area contributed by atoms with E-state index in [9.17, 15) is 8.78 Å². The van der Waals surface area contributed by atoms with Gasteiger partial charge in [-0.1, -0.05) is 13.8 Å². The highest BCUT2D eigenvalue weighted by molar-refractivity contribution is 4.62. The van der Waals surface area contributed by atoms with Gasteiger partial charge in [0.25, 0.3) is 6.43 Å². The lowest BCUT2D eigenvalue weighted by Crippen LogP contribution is -2.23. The van der Waals surface area contributed by atoms with Crippen molar-refractivity contribution in [1.29, 1.82) is 0 Å². The first-order chi connectivity index (χ1) is 6.52. The van der Waals surface area contributed by atoms with Crippen LogP contribution in [0.4, 0.5) is 8.78 Å². The smallest absolute Gasteiger partial charge is 0.261 e. The Balaban J connectivity index is 3.22. The maximum atomic E-state index is 11.7. The third-order valence-electron chi connectivity index (χ3n) is 1.99. The van der Waals surface area contributed by atoms with Gasteiger partial charge in [0, 0.05) is 12.6 Å². The third-order valence-corrected chi connectivity index (χ3v) is 1.99. The maximum Gasteiger partial charge on any atom is 0.261 e. The van der Waals surface area contributed by atoms with E-state index in [1.807, 2.05) is 0 Å². The van der Waals surface area contributed by atoms with Crippen LogP contribution in [-0.4, -0.2) is 25.7 Å². The van der Waals surface area contributed by atoms with Crippen molar-refractivity contribution in [2.75, 3.05) is 13.2 Å². The first kappa shape index (κ1) is 13.8. The highest BCUT2D eigenvalue weighted by Crippen LogP contribution is 2.07. The zero-order chi connectivity index (χ0) is 11.0. The molecular formula is C10H21F2NO. The molecule has 0 rings (SSSR count). The van der Waals surface area contributed by atoms with Crippen molar-refractivity contribution < 1.29 is 13.5 Å². The lowest BCUT2D eigenvalue weighted by Gasteiger charge is -2.12. The van der Waals surface area contributed by atoms with E-state index in [0.717, 1.165) is 12.8 Å². The maximum absolute atomic E-state index is 11.7. The standard InChI is InChI=1S/C10H21F2NO/c1-8(2)3-4-9(13)5-6-14-7-10(11)12/h8-10H,3-7,13H2,1-2H3. The van der Waals surface area contributed by atoms with Crippen molar-refractivity contribution >= 4 is 0 Å². The summed E-state index contributed by atoms with van der Waals surface area (Å²) in [5.74, 6) is 0.642. The number of alkyl halides is 2. The summed E-state index contributed by atoms with van der Waals surface area (Å²) in [4.78, 5) is 0. The Kier molecular flexibility index (Phi) is 7.99. The molecule has 0 amide bonds. The molecule has 0 heterocycles. The first-order valence-electron chi connectivity index (χ1n) is 5.13. The summed E-state index contributed by atoms with van der Waals surface area (Å²) in [6.45, 7) is 4.14. The molecule has 0 aliphatic carbocycles. The van der Waals surface area contributed by atoms with Crippen LogP contribution >= 0.6 is 0 Å². The Morgan fingerprint density at radius 1 is 1.14 bits per heavy atom. The van der Waals surface area contributed by atoms with Gasteiger partial charge in [0.1, 0.15) is 6.61 Å². The molecule has 14 heavy (non-hydrogen) atoms. The van der Waals surface area contributed by atoms with Crippen LogP contribution in [-0.2, 0) is 4.74 Å². The molecule has 2 nitrogen and oxygen atoms in total. The number of hydrogen-bond donors (Lipinski definition) is 1. The quantitative estimate of drug-likeness (QED) is 0.623. The molecule has 0 saturated heterocycles. The number of halogens is 2. The summed E-state index contributed by atoms with van der Waals surface area (Å²) in [7, 11) is 0. The van der Waals surface area contributed by atoms with Crippen molar-refractivity contribution in [2.45, 2.75) is 45.6 Å². The van der Waals surface area contributed by atoms with Gasteiger partial charge in [-0.2, -0.15) is 0 Å². The van der Waals surface area contributed by atoms with Crippen LogP contribution in [0.25, 0.3) is 0 Å². The number of rotatable bonds is 8. The average molecular weight is 209 g/mol. The van der Waals surface area contributed by atoms with Gasteiger partial charge in [0.05, 0.1) is 0 Å². The van der Waals surface area contributed by atoms with Crippen molar-refractivity contribution in [3.05, 3.63) is 0 Å². The molecule has 0 aliphatic rings. The fourth-order valence-corrected chi connectivity index (χ4v) is 1.10. The van der Waals surface area contributed by atoms with Crippen LogP contribution in [0, 0.1) is 5.92 Å². The van der Waals surface area contributed by atoms with E-state index in [-0.39, 0.29) is 6.04 Å². The van der Waals surface area contributed by atoms with Gasteiger partial charge in [-0.3, -0.25) is 0 Å². The molecular weight excluding hydrogens is 188 g/mol. The minimum atomic E-state index is -2.37. The van der Waals surface area contributed by atoms with Gasteiger partial charge in [0.15, 0.2) is 0 Å². The van der Waals surface area contributed by atoms with Crippen LogP contribution in [0.15, 0.2) is 0 Å². The van der Waals surface area contributed by atoms with Crippen LogP contribution in [0.2, 0.25) is 0 Å². The largest absolute Gasteiger partial charge is 0.375 e. The predicted molar refractivity (Wildman–Crippen MR) is 53.5 cm³/mol. The Bertz CT molecular complexity index is 131. The topological polar surface area (TPSA) is 35.2 Å². The molecule has 1 atom stereocenters. The van der Waals surface area contributed by atoms with E-state index >= 15 is 0 Å². The molecule has 86 valence electrons. The highest BCUT2D eigenvalue weighted by atomic mass is 19.3. The summed E-state index contributed by atoms with van der Waals surface area (Å²) < 4.78 is 28.1. The van der Waals surface area contributed by atoms with E-state index < -0.39 is 13.0 Å². The van der Waals surface area contributed by atoms with Crippen LogP contribution < -0.4 is 5.73 Å². The fraction of sp³-hybridized carbons (Fsp3) is 1.00. The van der Waals surface area contributed by atoms with Crippen molar-refractivity contribution in [2.24, 2.45) is 11.7 Å². The molecule has 0 spiro atoms. The molecule has 0 aromatic carbocycles. The van der Waals surface area contributed by atoms with Crippen LogP contribution in [0.3, 0.4) is 0 Å². The Morgan fingerprint density at radius 3 is 2.29 bits per heavy atom. The van der Waals surface area contributed by atoms with Crippen molar-refractivity contribution in [3.63, 3.8) is 0 Å². The molecule has 0 saturated carbocycles. The molecule has 2 N–H and O–H groups in total. The molecule has 4 heteroatoms. The number of ether oxygens (including phenoxy) is 1. The Morgan fingerprint density at radius 2 is 1.79 bits per heavy atom. The fourth-order valence-electron chi connectivity index (χ4n) is 1.10. The van der Waals surface area contributed by atoms with Gasteiger partial charge < -0.3 is 10.5 Å². The average Bonchev–Trinajstić information content (AvgIpc) is 2.08. The van der Waals surface area contributed by atoms with E-state index in [2.05, 4.69) is 13.8 Å². The van der Waals surface area contributed by atoms with Crippen molar-refractivity contribution in [1.82, 2.24) is 0 Å². The summed E-state index contributed by atoms with van der Waals surface area (Å²) >= 11 is 0. The molecule has 0 aliphatic heterocycles. The Hall–Kier alpha value is -0.220. The van der Waals surface area contributed by atoms with E-state index in [0.29, 0.717) is 18.9 Å². The summed E-state index contributed by atoms with van der Waals surface area (Å²) in [5, 5.41) is 0. The summed E-state index contributed by atoms with van der Waals surface area (Å²) in [6, 6.07) is 0.0788. The van der Waals surface area contributed by atoms with E-state index in [4.69, 9.17) is 10.5 Å². The molecule has 0 bridgehead atoms. The number of nitrogens with two attached hydrogens (primary N) is 1. The lowest BCUT2D eigenvalue weighted by atomic mass is 10.0. The number of hydrogen-bond acceptors (Lipinski definition) is 2. The van der Waals surface area contributed by atoms with Gasteiger partial charge in [-0.25, -0.2) is 8.78 Å². The first-order valence-corrected chi connectivity index (χ1v) is 5.13. The monoisotopic (exact) mass is 209 g/mol. The van der Waals surface area contributed by atoms with Crippen molar-refractivity contribution in [3.8, 4) is 0 Å². The minimum Gasteiger partial charge on any atom is -0.375 e. The second-order valence-corrected chi connectivity index (χ2v) is 3.99. The zero-order valence-corrected chi connectivity index (χ0v) is 9.01.